The van der Waals surface area contributed by atoms with Crippen LogP contribution in [0.1, 0.15) is 15.9 Å². The first-order valence-corrected chi connectivity index (χ1v) is 14.8. The summed E-state index contributed by atoms with van der Waals surface area (Å²) in [5.74, 6) is 0.604. The summed E-state index contributed by atoms with van der Waals surface area (Å²) in [6, 6.07) is 47.7. The average Bonchev–Trinajstić information content (AvgIpc) is 3.59. The van der Waals surface area contributed by atoms with Crippen LogP contribution in [-0.2, 0) is 11.3 Å². The fourth-order valence-electron chi connectivity index (χ4n) is 6.63. The summed E-state index contributed by atoms with van der Waals surface area (Å²) in [6.07, 6.45) is 0. The number of methoxy groups -OCH3 is 1. The van der Waals surface area contributed by atoms with Gasteiger partial charge in [-0.1, -0.05) is 127 Å². The maximum Gasteiger partial charge on any atom is 0.265 e. The lowest BCUT2D eigenvalue weighted by Gasteiger charge is -2.24. The highest BCUT2D eigenvalue weighted by molar-refractivity contribution is 6.24. The number of hydrogen-bond donors (Lipinski definition) is 0. The van der Waals surface area contributed by atoms with Gasteiger partial charge in [-0.05, 0) is 51.1 Å². The third kappa shape index (κ3) is 4.03. The molecule has 0 amide bonds. The van der Waals surface area contributed by atoms with E-state index in [1.165, 1.54) is 0 Å². The summed E-state index contributed by atoms with van der Waals surface area (Å²) in [5.41, 5.74) is 12.3. The van der Waals surface area contributed by atoms with Crippen molar-refractivity contribution in [1.29, 1.82) is 0 Å². The molecule has 6 aromatic carbocycles. The molecule has 2 heterocycles. The molecule has 8 rings (SSSR count). The van der Waals surface area contributed by atoms with Gasteiger partial charge in [0.2, 0.25) is 0 Å². The molecule has 0 radical (unpaired) electrons. The van der Waals surface area contributed by atoms with Crippen molar-refractivity contribution in [2.45, 2.75) is 6.61 Å². The van der Waals surface area contributed by atoms with Crippen molar-refractivity contribution in [2.24, 2.45) is 0 Å². The van der Waals surface area contributed by atoms with E-state index >= 15 is 0 Å². The first kappa shape index (κ1) is 26.1. The van der Waals surface area contributed by atoms with Crippen molar-refractivity contribution in [3.8, 4) is 55.9 Å². The van der Waals surface area contributed by atoms with Gasteiger partial charge in [0.25, 0.3) is 5.91 Å². The molecule has 1 aromatic heterocycles. The quantitative estimate of drug-likeness (QED) is 0.201. The number of hydrogen-bond acceptors (Lipinski definition) is 3. The molecule has 1 aliphatic heterocycles. The van der Waals surface area contributed by atoms with Gasteiger partial charge in [-0.2, -0.15) is 0 Å². The number of carbonyl (C=O) groups excluding carboxylic acids is 1. The first-order chi connectivity index (χ1) is 21.7. The average molecular weight is 569 g/mol. The number of carbonyl (C=O) groups is 1. The predicted octanol–water partition coefficient (Wildman–Crippen LogP) is 9.52. The van der Waals surface area contributed by atoms with Crippen molar-refractivity contribution in [1.82, 2.24) is 9.55 Å². The van der Waals surface area contributed by atoms with Crippen molar-refractivity contribution < 1.29 is 9.53 Å². The monoisotopic (exact) mass is 568 g/mol. The third-order valence-corrected chi connectivity index (χ3v) is 8.42. The lowest BCUT2D eigenvalue weighted by Crippen LogP contribution is -2.09. The molecule has 1 aliphatic rings. The molecule has 4 nitrogen and oxygen atoms in total. The first-order valence-electron chi connectivity index (χ1n) is 14.8. The number of fused-ring (bicyclic) bond motifs is 5. The van der Waals surface area contributed by atoms with Gasteiger partial charge in [-0.3, -0.25) is 9.36 Å². The van der Waals surface area contributed by atoms with Crippen LogP contribution in [-0.4, -0.2) is 22.6 Å². The zero-order chi connectivity index (χ0) is 29.6. The molecule has 210 valence electrons. The molecule has 0 saturated carbocycles. The van der Waals surface area contributed by atoms with E-state index in [2.05, 4.69) is 84.9 Å². The van der Waals surface area contributed by atoms with Gasteiger partial charge in [0.1, 0.15) is 5.82 Å². The van der Waals surface area contributed by atoms with E-state index in [0.717, 1.165) is 66.7 Å². The minimum atomic E-state index is -0.0650. The maximum absolute atomic E-state index is 14.9. The molecule has 0 atom stereocenters. The van der Waals surface area contributed by atoms with Crippen LogP contribution in [0.25, 0.3) is 66.9 Å². The second-order valence-corrected chi connectivity index (χ2v) is 11.0. The number of nitrogens with zero attached hydrogens (tertiary/aromatic N) is 2. The van der Waals surface area contributed by atoms with Crippen LogP contribution in [0.3, 0.4) is 0 Å². The second-order valence-electron chi connectivity index (χ2n) is 11.0. The molecule has 0 saturated heterocycles. The van der Waals surface area contributed by atoms with Crippen LogP contribution in [0.15, 0.2) is 140 Å². The van der Waals surface area contributed by atoms with Crippen LogP contribution in [0.5, 0.6) is 0 Å². The molecule has 0 unspecified atom stereocenters. The SMILES string of the molecule is COCc1ccc2c(c1)nc1n2C(=O)c2c(-c3ccccc3)c(-c3ccccc3)c(-c3ccccc3)c(-c3ccccc3)c2-1. The summed E-state index contributed by atoms with van der Waals surface area (Å²) in [7, 11) is 1.68. The Morgan fingerprint density at radius 3 is 1.43 bits per heavy atom. The molecule has 0 N–H and O–H groups in total. The highest BCUT2D eigenvalue weighted by atomic mass is 16.5. The van der Waals surface area contributed by atoms with Gasteiger partial charge in [-0.25, -0.2) is 4.98 Å². The van der Waals surface area contributed by atoms with Crippen molar-refractivity contribution in [2.75, 3.05) is 7.11 Å². The zero-order valence-electron chi connectivity index (χ0n) is 24.2. The van der Waals surface area contributed by atoms with Crippen LogP contribution >= 0.6 is 0 Å². The number of ether oxygens (including phenoxy) is 1. The molecule has 7 aromatic rings. The number of rotatable bonds is 6. The fraction of sp³-hybridized carbons (Fsp3) is 0.0500. The van der Waals surface area contributed by atoms with Gasteiger partial charge >= 0.3 is 0 Å². The third-order valence-electron chi connectivity index (χ3n) is 8.42. The van der Waals surface area contributed by atoms with E-state index < -0.39 is 0 Å². The Balaban J connectivity index is 1.61. The van der Waals surface area contributed by atoms with E-state index in [9.17, 15) is 4.79 Å². The van der Waals surface area contributed by atoms with Crippen molar-refractivity contribution in [3.63, 3.8) is 0 Å². The maximum atomic E-state index is 14.9. The Kier molecular flexibility index (Phi) is 6.28. The molecule has 4 heteroatoms. The van der Waals surface area contributed by atoms with Crippen LogP contribution in [0.2, 0.25) is 0 Å². The Hall–Kier alpha value is -5.58. The number of imidazole rings is 1. The Morgan fingerprint density at radius 2 is 0.977 bits per heavy atom. The minimum Gasteiger partial charge on any atom is -0.380 e. The summed E-state index contributed by atoms with van der Waals surface area (Å²) in [6.45, 7) is 0.481. The molecular formula is C40H28N2O2. The molecule has 0 fully saturated rings. The largest absolute Gasteiger partial charge is 0.380 e. The topological polar surface area (TPSA) is 44.1 Å². The van der Waals surface area contributed by atoms with E-state index in [-0.39, 0.29) is 5.91 Å². The molecule has 0 spiro atoms. The molecule has 0 bridgehead atoms. The minimum absolute atomic E-state index is 0.0650. The van der Waals surface area contributed by atoms with Gasteiger partial charge < -0.3 is 4.74 Å². The van der Waals surface area contributed by atoms with E-state index in [1.807, 2.05) is 54.6 Å². The van der Waals surface area contributed by atoms with E-state index in [0.29, 0.717) is 18.0 Å². The molecule has 0 aliphatic carbocycles. The number of benzene rings is 6. The predicted molar refractivity (Wildman–Crippen MR) is 177 cm³/mol. The second kappa shape index (κ2) is 10.6. The zero-order valence-corrected chi connectivity index (χ0v) is 24.2. The van der Waals surface area contributed by atoms with Gasteiger partial charge in [0.15, 0.2) is 0 Å². The van der Waals surface area contributed by atoms with Crippen molar-refractivity contribution >= 4 is 16.9 Å². The highest BCUT2D eigenvalue weighted by Gasteiger charge is 2.39. The summed E-state index contributed by atoms with van der Waals surface area (Å²) < 4.78 is 7.20. The lowest BCUT2D eigenvalue weighted by atomic mass is 9.77. The van der Waals surface area contributed by atoms with E-state index in [1.54, 1.807) is 11.7 Å². The lowest BCUT2D eigenvalue weighted by molar-refractivity contribution is 0.0974. The van der Waals surface area contributed by atoms with Gasteiger partial charge in [0, 0.05) is 23.8 Å². The van der Waals surface area contributed by atoms with Gasteiger partial charge in [0.05, 0.1) is 23.2 Å². The Morgan fingerprint density at radius 1 is 0.545 bits per heavy atom. The smallest absolute Gasteiger partial charge is 0.265 e. The summed E-state index contributed by atoms with van der Waals surface area (Å²) in [5, 5.41) is 0. The number of aromatic nitrogens is 2. The van der Waals surface area contributed by atoms with Gasteiger partial charge in [-0.15, -0.1) is 0 Å². The Labute approximate surface area is 255 Å². The fourth-order valence-corrected chi connectivity index (χ4v) is 6.63. The highest BCUT2D eigenvalue weighted by Crippen LogP contribution is 2.55. The standard InChI is InChI=1S/C40H28N2O2/c1-44-25-26-22-23-32-31(24-26)41-39-37-35(29-18-10-4-11-19-29)33(27-14-6-2-7-15-27)34(28-16-8-3-9-17-28)36(30-20-12-5-13-21-30)38(37)40(43)42(32)39/h2-24H,25H2,1H3. The Bertz CT molecular complexity index is 2170. The summed E-state index contributed by atoms with van der Waals surface area (Å²) >= 11 is 0. The normalized spacial score (nSPS) is 12.0. The van der Waals surface area contributed by atoms with Crippen LogP contribution < -0.4 is 0 Å². The summed E-state index contributed by atoms with van der Waals surface area (Å²) in [4.78, 5) is 20.1. The van der Waals surface area contributed by atoms with Crippen LogP contribution in [0.4, 0.5) is 0 Å². The van der Waals surface area contributed by atoms with Crippen molar-refractivity contribution in [3.05, 3.63) is 151 Å². The molecule has 44 heavy (non-hydrogen) atoms. The van der Waals surface area contributed by atoms with Crippen LogP contribution in [0, 0.1) is 0 Å². The van der Waals surface area contributed by atoms with E-state index in [4.69, 9.17) is 9.72 Å². The molecular weight excluding hydrogens is 540 g/mol.